The first-order valence-corrected chi connectivity index (χ1v) is 6.17. The van der Waals surface area contributed by atoms with Crippen LogP contribution in [0.2, 0.25) is 0 Å². The van der Waals surface area contributed by atoms with Gasteiger partial charge in [0.25, 0.3) is 0 Å². The van der Waals surface area contributed by atoms with Crippen molar-refractivity contribution in [1.29, 1.82) is 0 Å². The SMILES string of the molecule is CC(C)N1CCN(CCC(=O)N(C)C)CC1. The molecule has 1 aliphatic heterocycles. The highest BCUT2D eigenvalue weighted by Crippen LogP contribution is 2.06. The Balaban J connectivity index is 2.20. The Hall–Kier alpha value is -0.610. The number of carbonyl (C=O) groups excluding carboxylic acids is 1. The molecular formula is C12H25N3O. The predicted octanol–water partition coefficient (Wildman–Crippen LogP) is 0.491. The Morgan fingerprint density at radius 3 is 2.19 bits per heavy atom. The van der Waals surface area contributed by atoms with Crippen LogP contribution in [0.25, 0.3) is 0 Å². The van der Waals surface area contributed by atoms with E-state index in [1.807, 2.05) is 14.1 Å². The van der Waals surface area contributed by atoms with Crippen molar-refractivity contribution in [3.63, 3.8) is 0 Å². The van der Waals surface area contributed by atoms with Gasteiger partial charge >= 0.3 is 0 Å². The molecule has 0 aromatic rings. The second-order valence-corrected chi connectivity index (χ2v) is 5.01. The maximum absolute atomic E-state index is 11.4. The average molecular weight is 227 g/mol. The third kappa shape index (κ3) is 4.10. The molecule has 16 heavy (non-hydrogen) atoms. The molecule has 4 heteroatoms. The lowest BCUT2D eigenvalue weighted by molar-refractivity contribution is -0.129. The van der Waals surface area contributed by atoms with Gasteiger partial charge in [-0.2, -0.15) is 0 Å². The maximum atomic E-state index is 11.4. The smallest absolute Gasteiger partial charge is 0.223 e. The van der Waals surface area contributed by atoms with E-state index in [4.69, 9.17) is 0 Å². The second kappa shape index (κ2) is 6.21. The zero-order valence-corrected chi connectivity index (χ0v) is 11.1. The first-order chi connectivity index (χ1) is 7.50. The summed E-state index contributed by atoms with van der Waals surface area (Å²) in [5.74, 6) is 0.228. The molecule has 1 fully saturated rings. The molecule has 4 nitrogen and oxygen atoms in total. The second-order valence-electron chi connectivity index (χ2n) is 5.01. The van der Waals surface area contributed by atoms with Gasteiger partial charge in [0.05, 0.1) is 0 Å². The summed E-state index contributed by atoms with van der Waals surface area (Å²) >= 11 is 0. The number of rotatable bonds is 4. The zero-order valence-electron chi connectivity index (χ0n) is 11.1. The quantitative estimate of drug-likeness (QED) is 0.699. The summed E-state index contributed by atoms with van der Waals surface area (Å²) in [6, 6.07) is 0.644. The van der Waals surface area contributed by atoms with Crippen molar-refractivity contribution in [2.45, 2.75) is 26.3 Å². The van der Waals surface area contributed by atoms with Gasteiger partial charge in [-0.15, -0.1) is 0 Å². The van der Waals surface area contributed by atoms with E-state index in [1.165, 1.54) is 0 Å². The van der Waals surface area contributed by atoms with Crippen molar-refractivity contribution >= 4 is 5.91 Å². The number of hydrogen-bond donors (Lipinski definition) is 0. The van der Waals surface area contributed by atoms with Crippen LogP contribution in [0.15, 0.2) is 0 Å². The Morgan fingerprint density at radius 2 is 1.75 bits per heavy atom. The lowest BCUT2D eigenvalue weighted by Crippen LogP contribution is -2.49. The lowest BCUT2D eigenvalue weighted by atomic mass is 10.2. The van der Waals surface area contributed by atoms with Gasteiger partial charge in [0.2, 0.25) is 5.91 Å². The molecule has 0 aromatic carbocycles. The minimum Gasteiger partial charge on any atom is -0.349 e. The van der Waals surface area contributed by atoms with Crippen molar-refractivity contribution in [3.05, 3.63) is 0 Å². The molecule has 0 radical (unpaired) electrons. The minimum absolute atomic E-state index is 0.228. The van der Waals surface area contributed by atoms with Crippen LogP contribution in [0, 0.1) is 0 Å². The zero-order chi connectivity index (χ0) is 12.1. The Morgan fingerprint density at radius 1 is 1.19 bits per heavy atom. The van der Waals surface area contributed by atoms with E-state index in [-0.39, 0.29) is 5.91 Å². The van der Waals surface area contributed by atoms with Crippen molar-refractivity contribution in [2.75, 3.05) is 46.8 Å². The van der Waals surface area contributed by atoms with E-state index in [1.54, 1.807) is 4.90 Å². The highest BCUT2D eigenvalue weighted by atomic mass is 16.2. The predicted molar refractivity (Wildman–Crippen MR) is 66.5 cm³/mol. The summed E-state index contributed by atoms with van der Waals surface area (Å²) in [5, 5.41) is 0. The van der Waals surface area contributed by atoms with E-state index in [9.17, 15) is 4.79 Å². The first kappa shape index (κ1) is 13.5. The molecule has 0 bridgehead atoms. The summed E-state index contributed by atoms with van der Waals surface area (Å²) in [5.41, 5.74) is 0. The van der Waals surface area contributed by atoms with Crippen LogP contribution in [0.5, 0.6) is 0 Å². The Labute approximate surface area is 99.2 Å². The van der Waals surface area contributed by atoms with Crippen molar-refractivity contribution < 1.29 is 4.79 Å². The van der Waals surface area contributed by atoms with Gasteiger partial charge in [0.1, 0.15) is 0 Å². The van der Waals surface area contributed by atoms with Gasteiger partial charge in [-0.05, 0) is 13.8 Å². The molecule has 0 spiro atoms. The number of carbonyl (C=O) groups is 1. The molecule has 94 valence electrons. The van der Waals surface area contributed by atoms with Gasteiger partial charge < -0.3 is 9.80 Å². The number of piperazine rings is 1. The fraction of sp³-hybridized carbons (Fsp3) is 0.917. The topological polar surface area (TPSA) is 26.8 Å². The summed E-state index contributed by atoms with van der Waals surface area (Å²) in [4.78, 5) is 18.0. The minimum atomic E-state index is 0.228. The Bertz CT molecular complexity index is 220. The molecule has 0 atom stereocenters. The molecule has 0 saturated carbocycles. The van der Waals surface area contributed by atoms with Crippen LogP contribution < -0.4 is 0 Å². The van der Waals surface area contributed by atoms with Gasteiger partial charge in [-0.1, -0.05) is 0 Å². The number of amides is 1. The largest absolute Gasteiger partial charge is 0.349 e. The summed E-state index contributed by atoms with van der Waals surface area (Å²) in [7, 11) is 3.64. The van der Waals surface area contributed by atoms with Crippen LogP contribution >= 0.6 is 0 Å². The van der Waals surface area contributed by atoms with E-state index in [2.05, 4.69) is 23.6 Å². The van der Waals surface area contributed by atoms with Crippen LogP contribution in [0.1, 0.15) is 20.3 Å². The first-order valence-electron chi connectivity index (χ1n) is 6.17. The summed E-state index contributed by atoms with van der Waals surface area (Å²) < 4.78 is 0. The molecule has 1 amide bonds. The normalized spacial score (nSPS) is 19.1. The van der Waals surface area contributed by atoms with E-state index >= 15 is 0 Å². The Kier molecular flexibility index (Phi) is 5.22. The maximum Gasteiger partial charge on any atom is 0.223 e. The number of nitrogens with zero attached hydrogens (tertiary/aromatic N) is 3. The molecule has 1 rings (SSSR count). The van der Waals surface area contributed by atoms with E-state index in [0.29, 0.717) is 12.5 Å². The summed E-state index contributed by atoms with van der Waals surface area (Å²) in [6.07, 6.45) is 0.647. The third-order valence-corrected chi connectivity index (χ3v) is 3.28. The molecule has 0 unspecified atom stereocenters. The molecule has 0 N–H and O–H groups in total. The van der Waals surface area contributed by atoms with Gasteiger partial charge in [-0.25, -0.2) is 0 Å². The average Bonchev–Trinajstić information content (AvgIpc) is 2.26. The van der Waals surface area contributed by atoms with Crippen LogP contribution in [0.4, 0.5) is 0 Å². The monoisotopic (exact) mass is 227 g/mol. The van der Waals surface area contributed by atoms with Crippen LogP contribution in [-0.4, -0.2) is 73.5 Å². The van der Waals surface area contributed by atoms with Gasteiger partial charge in [0, 0.05) is 59.3 Å². The van der Waals surface area contributed by atoms with Crippen molar-refractivity contribution in [3.8, 4) is 0 Å². The van der Waals surface area contributed by atoms with Crippen molar-refractivity contribution in [1.82, 2.24) is 14.7 Å². The fourth-order valence-corrected chi connectivity index (χ4v) is 1.98. The highest BCUT2D eigenvalue weighted by molar-refractivity contribution is 5.75. The molecule has 1 heterocycles. The number of hydrogen-bond acceptors (Lipinski definition) is 3. The molecule has 0 aromatic heterocycles. The van der Waals surface area contributed by atoms with Crippen LogP contribution in [0.3, 0.4) is 0 Å². The van der Waals surface area contributed by atoms with E-state index in [0.717, 1.165) is 32.7 Å². The third-order valence-electron chi connectivity index (χ3n) is 3.28. The van der Waals surface area contributed by atoms with Gasteiger partial charge in [-0.3, -0.25) is 9.69 Å². The molecule has 0 aliphatic carbocycles. The molecular weight excluding hydrogens is 202 g/mol. The summed E-state index contributed by atoms with van der Waals surface area (Å²) in [6.45, 7) is 9.85. The lowest BCUT2D eigenvalue weighted by Gasteiger charge is -2.36. The standard InChI is InChI=1S/C12H25N3O/c1-11(2)15-9-7-14(8-10-15)6-5-12(16)13(3)4/h11H,5-10H2,1-4H3. The van der Waals surface area contributed by atoms with Gasteiger partial charge in [0.15, 0.2) is 0 Å². The molecule has 1 saturated heterocycles. The fourth-order valence-electron chi connectivity index (χ4n) is 1.98. The van der Waals surface area contributed by atoms with E-state index < -0.39 is 0 Å². The highest BCUT2D eigenvalue weighted by Gasteiger charge is 2.19. The van der Waals surface area contributed by atoms with Crippen LogP contribution in [-0.2, 0) is 4.79 Å². The van der Waals surface area contributed by atoms with Crippen molar-refractivity contribution in [2.24, 2.45) is 0 Å². The molecule has 1 aliphatic rings.